The highest BCUT2D eigenvalue weighted by atomic mass is 19.4. The molecule has 0 unspecified atom stereocenters. The van der Waals surface area contributed by atoms with Crippen LogP contribution >= 0.6 is 0 Å². The summed E-state index contributed by atoms with van der Waals surface area (Å²) >= 11 is 0. The molecule has 1 aromatic heterocycles. The zero-order valence-corrected chi connectivity index (χ0v) is 10.4. The summed E-state index contributed by atoms with van der Waals surface area (Å²) in [5, 5.41) is 10.8. The van der Waals surface area contributed by atoms with Crippen molar-refractivity contribution < 1.29 is 32.4 Å². The SMILES string of the molecule is CCOC(=O)c1nc(OC(F)(F)F)cc([N+](=O)[O-])c1C. The van der Waals surface area contributed by atoms with Gasteiger partial charge in [0, 0.05) is 0 Å². The van der Waals surface area contributed by atoms with Crippen molar-refractivity contribution in [3.8, 4) is 5.88 Å². The minimum atomic E-state index is -5.08. The Morgan fingerprint density at radius 3 is 2.55 bits per heavy atom. The van der Waals surface area contributed by atoms with Crippen LogP contribution in [0.3, 0.4) is 0 Å². The molecule has 0 aromatic carbocycles. The van der Waals surface area contributed by atoms with Crippen molar-refractivity contribution in [1.82, 2.24) is 4.98 Å². The number of alkyl halides is 3. The van der Waals surface area contributed by atoms with Crippen LogP contribution in [-0.4, -0.2) is 28.8 Å². The van der Waals surface area contributed by atoms with Crippen LogP contribution in [0.2, 0.25) is 0 Å². The summed E-state index contributed by atoms with van der Waals surface area (Å²) in [6.07, 6.45) is -5.08. The average Bonchev–Trinajstić information content (AvgIpc) is 2.29. The number of pyridine rings is 1. The molecule has 0 saturated carbocycles. The van der Waals surface area contributed by atoms with Gasteiger partial charge in [-0.15, -0.1) is 13.2 Å². The van der Waals surface area contributed by atoms with Gasteiger partial charge in [-0.3, -0.25) is 10.1 Å². The molecule has 0 aliphatic heterocycles. The summed E-state index contributed by atoms with van der Waals surface area (Å²) in [6, 6.07) is 0.492. The van der Waals surface area contributed by atoms with Crippen LogP contribution in [0.15, 0.2) is 6.07 Å². The number of halogens is 3. The Morgan fingerprint density at radius 1 is 1.50 bits per heavy atom. The number of nitrogens with zero attached hydrogens (tertiary/aromatic N) is 2. The van der Waals surface area contributed by atoms with Crippen LogP contribution in [0, 0.1) is 17.0 Å². The molecule has 0 saturated heterocycles. The lowest BCUT2D eigenvalue weighted by Crippen LogP contribution is -2.20. The monoisotopic (exact) mass is 294 g/mol. The van der Waals surface area contributed by atoms with E-state index in [9.17, 15) is 28.1 Å². The number of carbonyl (C=O) groups excluding carboxylic acids is 1. The highest BCUT2D eigenvalue weighted by molar-refractivity contribution is 5.90. The molecular weight excluding hydrogens is 285 g/mol. The van der Waals surface area contributed by atoms with Gasteiger partial charge in [0.1, 0.15) is 0 Å². The number of rotatable bonds is 4. The summed E-state index contributed by atoms with van der Waals surface area (Å²) in [6.45, 7) is 2.59. The highest BCUT2D eigenvalue weighted by Gasteiger charge is 2.34. The predicted octanol–water partition coefficient (Wildman–Crippen LogP) is 2.37. The van der Waals surface area contributed by atoms with E-state index in [1.165, 1.54) is 13.8 Å². The first kappa shape index (κ1) is 15.7. The topological polar surface area (TPSA) is 91.6 Å². The number of hydrogen-bond donors (Lipinski definition) is 0. The van der Waals surface area contributed by atoms with Gasteiger partial charge in [0.2, 0.25) is 5.88 Å². The van der Waals surface area contributed by atoms with Crippen molar-refractivity contribution in [3.05, 3.63) is 27.4 Å². The van der Waals surface area contributed by atoms with Gasteiger partial charge < -0.3 is 9.47 Å². The van der Waals surface area contributed by atoms with E-state index >= 15 is 0 Å². The molecule has 0 aliphatic rings. The van der Waals surface area contributed by atoms with E-state index in [1.54, 1.807) is 0 Å². The van der Waals surface area contributed by atoms with E-state index in [1.807, 2.05) is 0 Å². The third-order valence-corrected chi connectivity index (χ3v) is 2.11. The summed E-state index contributed by atoms with van der Waals surface area (Å²) in [7, 11) is 0. The molecule has 0 fully saturated rings. The molecule has 110 valence electrons. The first-order valence-corrected chi connectivity index (χ1v) is 5.24. The maximum atomic E-state index is 12.1. The molecule has 1 rings (SSSR count). The number of ether oxygens (including phenoxy) is 2. The molecule has 1 heterocycles. The largest absolute Gasteiger partial charge is 0.574 e. The van der Waals surface area contributed by atoms with Crippen LogP contribution in [0.1, 0.15) is 23.0 Å². The molecule has 7 nitrogen and oxygen atoms in total. The van der Waals surface area contributed by atoms with Gasteiger partial charge in [0.25, 0.3) is 5.69 Å². The zero-order valence-electron chi connectivity index (χ0n) is 10.4. The second-order valence-electron chi connectivity index (χ2n) is 3.48. The second kappa shape index (κ2) is 5.72. The van der Waals surface area contributed by atoms with E-state index in [0.717, 1.165) is 0 Å². The molecular formula is C10H9F3N2O5. The average molecular weight is 294 g/mol. The smallest absolute Gasteiger partial charge is 0.461 e. The minimum Gasteiger partial charge on any atom is -0.461 e. The summed E-state index contributed by atoms with van der Waals surface area (Å²) in [4.78, 5) is 24.6. The van der Waals surface area contributed by atoms with Crippen molar-refractivity contribution >= 4 is 11.7 Å². The van der Waals surface area contributed by atoms with Crippen molar-refractivity contribution in [2.24, 2.45) is 0 Å². The first-order valence-electron chi connectivity index (χ1n) is 5.24. The minimum absolute atomic E-state index is 0.0574. The molecule has 0 N–H and O–H groups in total. The van der Waals surface area contributed by atoms with Gasteiger partial charge in [-0.05, 0) is 13.8 Å². The highest BCUT2D eigenvalue weighted by Crippen LogP contribution is 2.29. The number of carbonyl (C=O) groups is 1. The molecule has 0 aliphatic carbocycles. The lowest BCUT2D eigenvalue weighted by Gasteiger charge is -2.10. The van der Waals surface area contributed by atoms with Gasteiger partial charge in [-0.25, -0.2) is 9.78 Å². The first-order chi connectivity index (χ1) is 9.15. The van der Waals surface area contributed by atoms with Crippen LogP contribution in [-0.2, 0) is 4.74 Å². The maximum Gasteiger partial charge on any atom is 0.574 e. The van der Waals surface area contributed by atoms with E-state index in [0.29, 0.717) is 6.07 Å². The van der Waals surface area contributed by atoms with Crippen molar-refractivity contribution in [1.29, 1.82) is 0 Å². The van der Waals surface area contributed by atoms with Crippen LogP contribution in [0.25, 0.3) is 0 Å². The summed E-state index contributed by atoms with van der Waals surface area (Å²) < 4.78 is 44.4. The molecule has 1 aromatic rings. The molecule has 20 heavy (non-hydrogen) atoms. The zero-order chi connectivity index (χ0) is 15.5. The number of hydrogen-bond acceptors (Lipinski definition) is 6. The van der Waals surface area contributed by atoms with Gasteiger partial charge in [0.05, 0.1) is 23.2 Å². The van der Waals surface area contributed by atoms with E-state index < -0.39 is 34.5 Å². The van der Waals surface area contributed by atoms with Gasteiger partial charge in [0.15, 0.2) is 5.69 Å². The van der Waals surface area contributed by atoms with Gasteiger partial charge >= 0.3 is 12.3 Å². The lowest BCUT2D eigenvalue weighted by atomic mass is 10.2. The van der Waals surface area contributed by atoms with Gasteiger partial charge in [-0.2, -0.15) is 0 Å². The summed E-state index contributed by atoms with van der Waals surface area (Å²) in [5.74, 6) is -2.17. The Labute approximate surface area is 110 Å². The van der Waals surface area contributed by atoms with E-state index in [2.05, 4.69) is 14.5 Å². The van der Waals surface area contributed by atoms with E-state index in [4.69, 9.17) is 0 Å². The standard InChI is InChI=1S/C10H9F3N2O5/c1-3-19-9(16)8-5(2)6(15(17)18)4-7(14-8)20-10(11,12)13/h4H,3H2,1-2H3. The molecule has 0 spiro atoms. The lowest BCUT2D eigenvalue weighted by molar-refractivity contribution is -0.385. The fourth-order valence-corrected chi connectivity index (χ4v) is 1.33. The number of nitro groups is 1. The van der Waals surface area contributed by atoms with E-state index in [-0.39, 0.29) is 12.2 Å². The maximum absolute atomic E-state index is 12.1. The fraction of sp³-hybridized carbons (Fsp3) is 0.400. The number of esters is 1. The fourth-order valence-electron chi connectivity index (χ4n) is 1.33. The molecule has 0 amide bonds. The Hall–Kier alpha value is -2.39. The third-order valence-electron chi connectivity index (χ3n) is 2.11. The summed E-state index contributed by atoms with van der Waals surface area (Å²) in [5.41, 5.74) is -1.52. The van der Waals surface area contributed by atoms with Crippen molar-refractivity contribution in [2.75, 3.05) is 6.61 Å². The Morgan fingerprint density at radius 2 is 2.10 bits per heavy atom. The normalized spacial score (nSPS) is 11.1. The number of aromatic nitrogens is 1. The third kappa shape index (κ3) is 3.80. The predicted molar refractivity (Wildman–Crippen MR) is 58.3 cm³/mol. The van der Waals surface area contributed by atoms with Crippen molar-refractivity contribution in [3.63, 3.8) is 0 Å². The molecule has 0 atom stereocenters. The van der Waals surface area contributed by atoms with Crippen molar-refractivity contribution in [2.45, 2.75) is 20.2 Å². The Kier molecular flexibility index (Phi) is 4.48. The van der Waals surface area contributed by atoms with Crippen LogP contribution in [0.4, 0.5) is 18.9 Å². The molecule has 0 radical (unpaired) electrons. The second-order valence-corrected chi connectivity index (χ2v) is 3.48. The van der Waals surface area contributed by atoms with Crippen LogP contribution in [0.5, 0.6) is 5.88 Å². The molecule has 10 heteroatoms. The Bertz CT molecular complexity index is 544. The molecule has 0 bridgehead atoms. The Balaban J connectivity index is 3.35. The quantitative estimate of drug-likeness (QED) is 0.481. The van der Waals surface area contributed by atoms with Gasteiger partial charge in [-0.1, -0.05) is 0 Å². The van der Waals surface area contributed by atoms with Crippen LogP contribution < -0.4 is 4.74 Å².